The molecule has 2 aromatic heterocycles. The maximum atomic E-state index is 12.8. The lowest BCUT2D eigenvalue weighted by Crippen LogP contribution is -2.43. The number of hydrogen-bond acceptors (Lipinski definition) is 5. The van der Waals surface area contributed by atoms with Crippen LogP contribution in [0.1, 0.15) is 24.3 Å². The van der Waals surface area contributed by atoms with E-state index >= 15 is 0 Å². The molecule has 1 amide bonds. The molecule has 0 saturated carbocycles. The third-order valence-corrected chi connectivity index (χ3v) is 3.67. The summed E-state index contributed by atoms with van der Waals surface area (Å²) >= 11 is 6.19. The third kappa shape index (κ3) is 2.43. The summed E-state index contributed by atoms with van der Waals surface area (Å²) in [4.78, 5) is 32.7. The fraction of sp³-hybridized carbons (Fsp3) is 0.200. The zero-order chi connectivity index (χ0) is 16.6. The van der Waals surface area contributed by atoms with Crippen LogP contribution in [0.3, 0.4) is 0 Å². The zero-order valence-electron chi connectivity index (χ0n) is 12.3. The van der Waals surface area contributed by atoms with Gasteiger partial charge in [0.25, 0.3) is 11.5 Å². The Hall–Kier alpha value is -2.85. The average molecular weight is 330 g/mol. The van der Waals surface area contributed by atoms with Crippen molar-refractivity contribution in [3.63, 3.8) is 0 Å². The number of rotatable bonds is 2. The summed E-state index contributed by atoms with van der Waals surface area (Å²) < 4.78 is 1.26. The Morgan fingerprint density at radius 2 is 2.22 bits per heavy atom. The number of amides is 1. The minimum Gasteiger partial charge on any atom is -0.336 e. The first kappa shape index (κ1) is 15.1. The number of nitrogens with one attached hydrogen (secondary N) is 2. The third-order valence-electron chi connectivity index (χ3n) is 3.39. The van der Waals surface area contributed by atoms with E-state index in [0.717, 1.165) is 0 Å². The normalized spacial score (nSPS) is 18.7. The second-order valence-corrected chi connectivity index (χ2v) is 5.42. The number of nitrogens with zero attached hydrogens (tertiary/aromatic N) is 3. The van der Waals surface area contributed by atoms with Gasteiger partial charge in [-0.05, 0) is 26.0 Å². The van der Waals surface area contributed by atoms with Crippen molar-refractivity contribution in [2.75, 3.05) is 5.32 Å². The van der Waals surface area contributed by atoms with Crippen molar-refractivity contribution in [1.82, 2.24) is 19.9 Å². The van der Waals surface area contributed by atoms with Gasteiger partial charge in [-0.1, -0.05) is 17.5 Å². The number of hydrogen-bond donors (Lipinski definition) is 2. The molecular weight excluding hydrogens is 318 g/mol. The van der Waals surface area contributed by atoms with Gasteiger partial charge in [0.2, 0.25) is 0 Å². The molecule has 0 bridgehead atoms. The van der Waals surface area contributed by atoms with Crippen LogP contribution in [0.25, 0.3) is 0 Å². The highest BCUT2D eigenvalue weighted by Gasteiger charge is 2.40. The van der Waals surface area contributed by atoms with E-state index in [4.69, 9.17) is 11.6 Å². The number of carbonyl (C=O) groups is 1. The molecule has 1 aliphatic heterocycles. The summed E-state index contributed by atoms with van der Waals surface area (Å²) in [7, 11) is 0. The van der Waals surface area contributed by atoms with Crippen LogP contribution < -0.4 is 16.2 Å². The van der Waals surface area contributed by atoms with E-state index < -0.39 is 17.1 Å². The van der Waals surface area contributed by atoms with Gasteiger partial charge in [-0.25, -0.2) is 9.97 Å². The van der Waals surface area contributed by atoms with Crippen molar-refractivity contribution in [1.29, 1.82) is 0 Å². The van der Waals surface area contributed by atoms with Gasteiger partial charge in [0.05, 0.1) is 5.02 Å². The van der Waals surface area contributed by atoms with Crippen LogP contribution in [0.15, 0.2) is 29.5 Å². The minimum absolute atomic E-state index is 0.0927. The first-order valence-electron chi connectivity index (χ1n) is 6.72. The largest absolute Gasteiger partial charge is 0.336 e. The van der Waals surface area contributed by atoms with Crippen LogP contribution in [0.4, 0.5) is 11.5 Å². The van der Waals surface area contributed by atoms with Crippen molar-refractivity contribution in [2.45, 2.75) is 19.5 Å². The zero-order valence-corrected chi connectivity index (χ0v) is 13.1. The summed E-state index contributed by atoms with van der Waals surface area (Å²) in [6, 6.07) is 3.02. The van der Waals surface area contributed by atoms with Crippen molar-refractivity contribution in [2.24, 2.45) is 0 Å². The van der Waals surface area contributed by atoms with E-state index in [2.05, 4.69) is 32.4 Å². The molecule has 23 heavy (non-hydrogen) atoms. The van der Waals surface area contributed by atoms with Crippen LogP contribution in [-0.4, -0.2) is 20.4 Å². The van der Waals surface area contributed by atoms with Crippen molar-refractivity contribution < 1.29 is 4.79 Å². The Balaban J connectivity index is 2.20. The monoisotopic (exact) mass is 329 g/mol. The lowest BCUT2D eigenvalue weighted by atomic mass is 10.2. The van der Waals surface area contributed by atoms with E-state index in [1.807, 2.05) is 0 Å². The highest BCUT2D eigenvalue weighted by atomic mass is 35.5. The molecule has 2 N–H and O–H groups in total. The van der Waals surface area contributed by atoms with Gasteiger partial charge in [0.1, 0.15) is 23.5 Å². The molecule has 0 saturated heterocycles. The van der Waals surface area contributed by atoms with Gasteiger partial charge in [-0.3, -0.25) is 14.2 Å². The molecule has 8 heteroatoms. The molecule has 1 unspecified atom stereocenters. The molecule has 0 radical (unpaired) electrons. The molecular formula is C15H12ClN5O2. The van der Waals surface area contributed by atoms with E-state index in [-0.39, 0.29) is 16.4 Å². The van der Waals surface area contributed by atoms with Crippen LogP contribution in [-0.2, 0) is 5.66 Å². The Labute approximate surface area is 136 Å². The lowest BCUT2D eigenvalue weighted by Gasteiger charge is -2.21. The fourth-order valence-electron chi connectivity index (χ4n) is 2.48. The lowest BCUT2D eigenvalue weighted by molar-refractivity contribution is 0.0946. The number of pyridine rings is 1. The van der Waals surface area contributed by atoms with Crippen LogP contribution >= 0.6 is 11.6 Å². The smallest absolute Gasteiger partial charge is 0.277 e. The number of carbonyl (C=O) groups excluding carboxylic acids is 1. The van der Waals surface area contributed by atoms with Gasteiger partial charge < -0.3 is 10.6 Å². The second-order valence-electron chi connectivity index (χ2n) is 5.02. The number of aromatic nitrogens is 3. The van der Waals surface area contributed by atoms with Gasteiger partial charge in [0.15, 0.2) is 5.66 Å². The van der Waals surface area contributed by atoms with Crippen molar-refractivity contribution in [3.05, 3.63) is 45.7 Å². The molecule has 2 aromatic rings. The Kier molecular flexibility index (Phi) is 3.54. The summed E-state index contributed by atoms with van der Waals surface area (Å²) in [6.45, 7) is 3.27. The highest BCUT2D eigenvalue weighted by molar-refractivity contribution is 6.34. The van der Waals surface area contributed by atoms with E-state index in [1.165, 1.54) is 17.0 Å². The van der Waals surface area contributed by atoms with Crippen molar-refractivity contribution in [3.8, 4) is 11.8 Å². The Bertz CT molecular complexity index is 913. The first-order chi connectivity index (χ1) is 11.0. The quantitative estimate of drug-likeness (QED) is 0.815. The summed E-state index contributed by atoms with van der Waals surface area (Å²) in [5.74, 6) is 5.55. The summed E-state index contributed by atoms with van der Waals surface area (Å²) in [5.41, 5.74) is -1.29. The Morgan fingerprint density at radius 1 is 1.43 bits per heavy atom. The topological polar surface area (TPSA) is 88.9 Å². The highest BCUT2D eigenvalue weighted by Crippen LogP contribution is 2.28. The van der Waals surface area contributed by atoms with Gasteiger partial charge in [-0.2, -0.15) is 0 Å². The molecule has 1 atom stereocenters. The number of anilines is 2. The second kappa shape index (κ2) is 5.41. The predicted molar refractivity (Wildman–Crippen MR) is 85.6 cm³/mol. The predicted octanol–water partition coefficient (Wildman–Crippen LogP) is 1.47. The van der Waals surface area contributed by atoms with Crippen LogP contribution in [0, 0.1) is 11.8 Å². The SMILES string of the molecule is CC#CC1(C)NC(=O)c2c(Cl)cc(Nc3ccncn3)c(=O)n21. The summed E-state index contributed by atoms with van der Waals surface area (Å²) in [5, 5.41) is 5.72. The van der Waals surface area contributed by atoms with E-state index in [1.54, 1.807) is 26.1 Å². The maximum Gasteiger partial charge on any atom is 0.277 e. The molecule has 0 aliphatic carbocycles. The molecule has 1 aliphatic rings. The van der Waals surface area contributed by atoms with Crippen molar-refractivity contribution >= 4 is 29.0 Å². The number of fused-ring (bicyclic) bond motifs is 1. The van der Waals surface area contributed by atoms with Crippen LogP contribution in [0.2, 0.25) is 5.02 Å². The van der Waals surface area contributed by atoms with Gasteiger partial charge >= 0.3 is 0 Å². The van der Waals surface area contributed by atoms with E-state index in [9.17, 15) is 9.59 Å². The molecule has 0 spiro atoms. The fourth-order valence-corrected chi connectivity index (χ4v) is 2.76. The molecule has 0 fully saturated rings. The molecule has 3 heterocycles. The first-order valence-corrected chi connectivity index (χ1v) is 7.09. The van der Waals surface area contributed by atoms with Gasteiger partial charge in [0, 0.05) is 6.20 Å². The molecule has 0 aromatic carbocycles. The minimum atomic E-state index is -1.15. The number of halogens is 1. The average Bonchev–Trinajstić information content (AvgIpc) is 2.77. The molecule has 116 valence electrons. The van der Waals surface area contributed by atoms with Crippen LogP contribution in [0.5, 0.6) is 0 Å². The standard InChI is InChI=1S/C15H12ClN5O2/c1-3-5-15(2)20-13(22)12-9(16)7-10(14(23)21(12)15)19-11-4-6-17-8-18-11/h4,6-8H,1-2H3,(H,20,22)(H,17,18,19). The molecule has 3 rings (SSSR count). The Morgan fingerprint density at radius 3 is 2.87 bits per heavy atom. The molecule has 7 nitrogen and oxygen atoms in total. The van der Waals surface area contributed by atoms with Gasteiger partial charge in [-0.15, -0.1) is 5.92 Å². The van der Waals surface area contributed by atoms with E-state index in [0.29, 0.717) is 5.82 Å². The summed E-state index contributed by atoms with van der Waals surface area (Å²) in [6.07, 6.45) is 2.90. The maximum absolute atomic E-state index is 12.8.